The van der Waals surface area contributed by atoms with Crippen molar-refractivity contribution in [2.24, 2.45) is 5.73 Å². The standard InChI is InChI=1S/C15H21N3O3/c16-10-12-1-2-13-14(9-12)21-8-5-18(13)11-15(19)17-3-6-20-7-4-17/h1-2,9H,3-8,10-11,16H2. The van der Waals surface area contributed by atoms with Gasteiger partial charge in [-0.2, -0.15) is 0 Å². The third-order valence-corrected chi connectivity index (χ3v) is 3.91. The van der Waals surface area contributed by atoms with E-state index in [1.54, 1.807) is 0 Å². The van der Waals surface area contributed by atoms with Crippen molar-refractivity contribution in [3.8, 4) is 5.75 Å². The monoisotopic (exact) mass is 291 g/mol. The normalized spacial score (nSPS) is 18.1. The molecule has 0 unspecified atom stereocenters. The Labute approximate surface area is 124 Å². The lowest BCUT2D eigenvalue weighted by atomic mass is 10.1. The van der Waals surface area contributed by atoms with E-state index in [-0.39, 0.29) is 5.91 Å². The number of fused-ring (bicyclic) bond motifs is 1. The molecule has 114 valence electrons. The molecule has 0 atom stereocenters. The zero-order valence-electron chi connectivity index (χ0n) is 12.1. The van der Waals surface area contributed by atoms with Crippen molar-refractivity contribution < 1.29 is 14.3 Å². The average Bonchev–Trinajstić information content (AvgIpc) is 2.55. The first-order valence-corrected chi connectivity index (χ1v) is 7.34. The van der Waals surface area contributed by atoms with E-state index in [1.165, 1.54) is 0 Å². The van der Waals surface area contributed by atoms with E-state index in [4.69, 9.17) is 15.2 Å². The number of anilines is 1. The largest absolute Gasteiger partial charge is 0.490 e. The van der Waals surface area contributed by atoms with Crippen molar-refractivity contribution in [3.05, 3.63) is 23.8 Å². The Kier molecular flexibility index (Phi) is 4.26. The maximum atomic E-state index is 12.4. The van der Waals surface area contributed by atoms with Crippen LogP contribution in [0, 0.1) is 0 Å². The van der Waals surface area contributed by atoms with Gasteiger partial charge in [-0.15, -0.1) is 0 Å². The molecule has 1 saturated heterocycles. The number of ether oxygens (including phenoxy) is 2. The lowest BCUT2D eigenvalue weighted by Gasteiger charge is -2.34. The number of morpholine rings is 1. The predicted octanol–water partition coefficient (Wildman–Crippen LogP) is 0.203. The first-order chi connectivity index (χ1) is 10.3. The molecule has 2 aliphatic heterocycles. The first-order valence-electron chi connectivity index (χ1n) is 7.34. The van der Waals surface area contributed by atoms with Gasteiger partial charge in [0.05, 0.1) is 32.0 Å². The number of hydrogen-bond donors (Lipinski definition) is 1. The molecule has 6 nitrogen and oxygen atoms in total. The number of carbonyl (C=O) groups is 1. The fraction of sp³-hybridized carbons (Fsp3) is 0.533. The highest BCUT2D eigenvalue weighted by atomic mass is 16.5. The molecule has 3 rings (SSSR count). The lowest BCUT2D eigenvalue weighted by Crippen LogP contribution is -2.47. The molecule has 1 amide bonds. The third-order valence-electron chi connectivity index (χ3n) is 3.91. The highest BCUT2D eigenvalue weighted by Gasteiger charge is 2.24. The number of rotatable bonds is 3. The molecule has 0 bridgehead atoms. The summed E-state index contributed by atoms with van der Waals surface area (Å²) >= 11 is 0. The zero-order chi connectivity index (χ0) is 14.7. The third kappa shape index (κ3) is 3.11. The van der Waals surface area contributed by atoms with E-state index in [0.29, 0.717) is 46.0 Å². The molecular weight excluding hydrogens is 270 g/mol. The highest BCUT2D eigenvalue weighted by Crippen LogP contribution is 2.32. The minimum Gasteiger partial charge on any atom is -0.490 e. The number of carbonyl (C=O) groups excluding carboxylic acids is 1. The molecule has 1 aromatic carbocycles. The molecule has 0 saturated carbocycles. The average molecular weight is 291 g/mol. The first kappa shape index (κ1) is 14.2. The summed E-state index contributed by atoms with van der Waals surface area (Å²) in [6, 6.07) is 5.93. The molecule has 0 aromatic heterocycles. The van der Waals surface area contributed by atoms with Crippen molar-refractivity contribution in [1.82, 2.24) is 4.90 Å². The Bertz CT molecular complexity index is 515. The van der Waals surface area contributed by atoms with Crippen LogP contribution in [-0.2, 0) is 16.1 Å². The van der Waals surface area contributed by atoms with Crippen LogP contribution >= 0.6 is 0 Å². The van der Waals surface area contributed by atoms with Gasteiger partial charge in [0.1, 0.15) is 12.4 Å². The van der Waals surface area contributed by atoms with Gasteiger partial charge < -0.3 is 25.0 Å². The van der Waals surface area contributed by atoms with Gasteiger partial charge in [0.25, 0.3) is 0 Å². The van der Waals surface area contributed by atoms with Crippen molar-refractivity contribution in [2.45, 2.75) is 6.54 Å². The van der Waals surface area contributed by atoms with Crippen LogP contribution in [0.1, 0.15) is 5.56 Å². The maximum Gasteiger partial charge on any atom is 0.242 e. The van der Waals surface area contributed by atoms with Crippen LogP contribution in [0.3, 0.4) is 0 Å². The summed E-state index contributed by atoms with van der Waals surface area (Å²) in [6.07, 6.45) is 0. The Morgan fingerprint density at radius 1 is 1.19 bits per heavy atom. The van der Waals surface area contributed by atoms with Gasteiger partial charge in [-0.05, 0) is 17.7 Å². The predicted molar refractivity (Wildman–Crippen MR) is 79.4 cm³/mol. The molecule has 6 heteroatoms. The fourth-order valence-corrected chi connectivity index (χ4v) is 2.69. The van der Waals surface area contributed by atoms with Gasteiger partial charge in [0.2, 0.25) is 5.91 Å². The molecule has 21 heavy (non-hydrogen) atoms. The van der Waals surface area contributed by atoms with Crippen LogP contribution < -0.4 is 15.4 Å². The lowest BCUT2D eigenvalue weighted by molar-refractivity contribution is -0.133. The summed E-state index contributed by atoms with van der Waals surface area (Å²) in [6.45, 7) is 4.82. The molecule has 2 heterocycles. The molecule has 1 aromatic rings. The molecular formula is C15H21N3O3. The van der Waals surface area contributed by atoms with Crippen LogP contribution in [0.4, 0.5) is 5.69 Å². The van der Waals surface area contributed by atoms with Crippen LogP contribution in [0.15, 0.2) is 18.2 Å². The molecule has 0 radical (unpaired) electrons. The van der Waals surface area contributed by atoms with Gasteiger partial charge in [0.15, 0.2) is 0 Å². The van der Waals surface area contributed by atoms with E-state index in [0.717, 1.165) is 23.5 Å². The molecule has 1 fully saturated rings. The second kappa shape index (κ2) is 6.32. The summed E-state index contributed by atoms with van der Waals surface area (Å²) in [7, 11) is 0. The minimum absolute atomic E-state index is 0.147. The summed E-state index contributed by atoms with van der Waals surface area (Å²) in [5.74, 6) is 0.966. The number of benzene rings is 1. The van der Waals surface area contributed by atoms with E-state index in [1.807, 2.05) is 23.1 Å². The summed E-state index contributed by atoms with van der Waals surface area (Å²) in [5, 5.41) is 0. The Balaban J connectivity index is 1.71. The zero-order valence-corrected chi connectivity index (χ0v) is 12.1. The topological polar surface area (TPSA) is 68.0 Å². The van der Waals surface area contributed by atoms with Gasteiger partial charge in [0, 0.05) is 19.6 Å². The second-order valence-electron chi connectivity index (χ2n) is 5.27. The van der Waals surface area contributed by atoms with Crippen molar-refractivity contribution in [2.75, 3.05) is 50.9 Å². The van der Waals surface area contributed by atoms with E-state index >= 15 is 0 Å². The Morgan fingerprint density at radius 3 is 2.76 bits per heavy atom. The van der Waals surface area contributed by atoms with Crippen molar-refractivity contribution in [3.63, 3.8) is 0 Å². The van der Waals surface area contributed by atoms with Crippen LogP contribution in [0.5, 0.6) is 5.75 Å². The van der Waals surface area contributed by atoms with Crippen LogP contribution in [-0.4, -0.2) is 56.8 Å². The van der Waals surface area contributed by atoms with E-state index < -0.39 is 0 Å². The molecule has 0 aliphatic carbocycles. The smallest absolute Gasteiger partial charge is 0.242 e. The Hall–Kier alpha value is -1.79. The van der Waals surface area contributed by atoms with E-state index in [2.05, 4.69) is 4.90 Å². The Morgan fingerprint density at radius 2 is 2.00 bits per heavy atom. The fourth-order valence-electron chi connectivity index (χ4n) is 2.69. The molecule has 2 N–H and O–H groups in total. The molecule has 2 aliphatic rings. The summed E-state index contributed by atoms with van der Waals surface area (Å²) < 4.78 is 11.0. The minimum atomic E-state index is 0.147. The van der Waals surface area contributed by atoms with Crippen LogP contribution in [0.2, 0.25) is 0 Å². The SMILES string of the molecule is NCc1ccc2c(c1)OCCN2CC(=O)N1CCOCC1. The molecule has 0 spiro atoms. The number of nitrogens with zero attached hydrogens (tertiary/aromatic N) is 2. The van der Waals surface area contributed by atoms with Crippen molar-refractivity contribution in [1.29, 1.82) is 0 Å². The summed E-state index contributed by atoms with van der Waals surface area (Å²) in [5.41, 5.74) is 7.66. The van der Waals surface area contributed by atoms with Gasteiger partial charge >= 0.3 is 0 Å². The summed E-state index contributed by atoms with van der Waals surface area (Å²) in [4.78, 5) is 16.3. The number of hydrogen-bond acceptors (Lipinski definition) is 5. The highest BCUT2D eigenvalue weighted by molar-refractivity contribution is 5.82. The van der Waals surface area contributed by atoms with E-state index in [9.17, 15) is 4.79 Å². The number of nitrogens with two attached hydrogens (primary N) is 1. The number of amides is 1. The van der Waals surface area contributed by atoms with Gasteiger partial charge in [-0.25, -0.2) is 0 Å². The van der Waals surface area contributed by atoms with Crippen LogP contribution in [0.25, 0.3) is 0 Å². The van der Waals surface area contributed by atoms with Gasteiger partial charge in [-0.3, -0.25) is 4.79 Å². The quantitative estimate of drug-likeness (QED) is 0.862. The second-order valence-corrected chi connectivity index (χ2v) is 5.27. The van der Waals surface area contributed by atoms with Crippen molar-refractivity contribution >= 4 is 11.6 Å². The maximum absolute atomic E-state index is 12.4. The van der Waals surface area contributed by atoms with Gasteiger partial charge in [-0.1, -0.05) is 6.07 Å².